The monoisotopic (exact) mass is 444 g/mol. The van der Waals surface area contributed by atoms with Crippen LogP contribution in [0, 0.1) is 0 Å². The summed E-state index contributed by atoms with van der Waals surface area (Å²) in [5.41, 5.74) is 1.60. The van der Waals surface area contributed by atoms with Crippen LogP contribution >= 0.6 is 11.6 Å². The van der Waals surface area contributed by atoms with E-state index in [0.717, 1.165) is 18.5 Å². The summed E-state index contributed by atoms with van der Waals surface area (Å²) in [7, 11) is 3.55. The summed E-state index contributed by atoms with van der Waals surface area (Å²) in [6.45, 7) is 5.37. The summed E-state index contributed by atoms with van der Waals surface area (Å²) in [4.78, 5) is 29.0. The zero-order valence-corrected chi connectivity index (χ0v) is 18.5. The van der Waals surface area contributed by atoms with Crippen molar-refractivity contribution in [2.75, 3.05) is 52.3 Å². The number of piperazine rings is 1. The number of likely N-dealkylation sites (N-methyl/N-ethyl adjacent to an activating group) is 1. The van der Waals surface area contributed by atoms with Crippen molar-refractivity contribution in [1.29, 1.82) is 0 Å². The quantitative estimate of drug-likeness (QED) is 0.602. The first kappa shape index (κ1) is 21.2. The van der Waals surface area contributed by atoms with Crippen LogP contribution in [0.25, 0.3) is 11.0 Å². The van der Waals surface area contributed by atoms with E-state index >= 15 is 0 Å². The molecule has 0 radical (unpaired) electrons. The summed E-state index contributed by atoms with van der Waals surface area (Å²) in [5, 5.41) is 4.18. The van der Waals surface area contributed by atoms with E-state index in [2.05, 4.69) is 25.2 Å². The third kappa shape index (κ3) is 4.24. The number of methoxy groups -OCH3 is 1. The molecule has 1 aliphatic heterocycles. The van der Waals surface area contributed by atoms with Gasteiger partial charge in [0.1, 0.15) is 5.65 Å². The van der Waals surface area contributed by atoms with Gasteiger partial charge in [0, 0.05) is 32.4 Å². The number of aromatic nitrogens is 3. The number of rotatable bonds is 6. The number of halogens is 1. The van der Waals surface area contributed by atoms with E-state index in [9.17, 15) is 4.79 Å². The molecule has 2 aromatic heterocycles. The average molecular weight is 445 g/mol. The number of nitrogens with zero attached hydrogens (tertiary/aromatic N) is 4. The first-order valence-corrected chi connectivity index (χ1v) is 10.5. The van der Waals surface area contributed by atoms with E-state index in [4.69, 9.17) is 21.1 Å². The number of aromatic amines is 1. The van der Waals surface area contributed by atoms with Crippen molar-refractivity contribution >= 4 is 40.2 Å². The largest absolute Gasteiger partial charge is 0.493 e. The molecule has 4 rings (SSSR count). The Kier molecular flexibility index (Phi) is 6.15. The van der Waals surface area contributed by atoms with Crippen molar-refractivity contribution in [3.63, 3.8) is 0 Å². The average Bonchev–Trinajstić information content (AvgIpc) is 3.23. The van der Waals surface area contributed by atoms with Crippen molar-refractivity contribution in [3.05, 3.63) is 35.0 Å². The van der Waals surface area contributed by atoms with Crippen LogP contribution < -0.4 is 14.8 Å². The van der Waals surface area contributed by atoms with Gasteiger partial charge in [0.25, 0.3) is 5.91 Å². The molecule has 2 N–H and O–H groups in total. The topological polar surface area (TPSA) is 95.6 Å². The highest BCUT2D eigenvalue weighted by Gasteiger charge is 2.25. The Hall–Kier alpha value is -3.04. The molecular formula is C21H25ClN6O3. The predicted molar refractivity (Wildman–Crippen MR) is 120 cm³/mol. The Labute approximate surface area is 185 Å². The summed E-state index contributed by atoms with van der Waals surface area (Å²) < 4.78 is 11.2. The summed E-state index contributed by atoms with van der Waals surface area (Å²) in [6.07, 6.45) is 1.78. The minimum Gasteiger partial charge on any atom is -0.493 e. The maximum Gasteiger partial charge on any atom is 0.255 e. The first-order valence-electron chi connectivity index (χ1n) is 10.1. The van der Waals surface area contributed by atoms with Crippen LogP contribution in [0.3, 0.4) is 0 Å². The van der Waals surface area contributed by atoms with E-state index in [1.807, 2.05) is 24.9 Å². The number of nitrogens with one attached hydrogen (secondary N) is 2. The van der Waals surface area contributed by atoms with Crippen LogP contribution in [0.1, 0.15) is 17.3 Å². The van der Waals surface area contributed by atoms with Gasteiger partial charge in [-0.15, -0.1) is 0 Å². The van der Waals surface area contributed by atoms with Crippen LogP contribution in [0.2, 0.25) is 5.02 Å². The second-order valence-electron chi connectivity index (χ2n) is 7.25. The van der Waals surface area contributed by atoms with Crippen molar-refractivity contribution in [1.82, 2.24) is 24.8 Å². The van der Waals surface area contributed by atoms with Crippen LogP contribution in [0.4, 0.5) is 11.6 Å². The summed E-state index contributed by atoms with van der Waals surface area (Å²) in [6, 6.07) is 5.31. The normalized spacial score (nSPS) is 14.6. The molecule has 0 bridgehead atoms. The Morgan fingerprint density at radius 3 is 2.71 bits per heavy atom. The van der Waals surface area contributed by atoms with Gasteiger partial charge >= 0.3 is 0 Å². The number of benzene rings is 1. The van der Waals surface area contributed by atoms with Crippen molar-refractivity contribution in [2.45, 2.75) is 6.92 Å². The molecule has 0 spiro atoms. The molecule has 31 heavy (non-hydrogen) atoms. The smallest absolute Gasteiger partial charge is 0.255 e. The number of fused-ring (bicyclic) bond motifs is 1. The maximum absolute atomic E-state index is 13.0. The van der Waals surface area contributed by atoms with Crippen LogP contribution in [0.5, 0.6) is 11.6 Å². The molecule has 0 aliphatic carbocycles. The van der Waals surface area contributed by atoms with E-state index in [-0.39, 0.29) is 10.9 Å². The van der Waals surface area contributed by atoms with Gasteiger partial charge < -0.3 is 29.6 Å². The van der Waals surface area contributed by atoms with Crippen LogP contribution in [-0.2, 0) is 0 Å². The number of amides is 1. The molecule has 164 valence electrons. The first-order chi connectivity index (χ1) is 15.0. The molecule has 9 nitrogen and oxygen atoms in total. The standard InChI is InChI=1S/C21H25ClN6O3/c1-4-31-19-14-7-8-23-18(14)25-21(26-19)24-15-6-5-13(16(22)17(15)30-3)20(29)28-11-9-27(2)10-12-28/h5-8H,4,9-12H2,1-3H3,(H2,23,24,25,26). The van der Waals surface area contributed by atoms with Crippen LogP contribution in [-0.4, -0.2) is 77.6 Å². The Morgan fingerprint density at radius 1 is 1.23 bits per heavy atom. The summed E-state index contributed by atoms with van der Waals surface area (Å²) in [5.74, 6) is 1.05. The molecule has 3 heterocycles. The van der Waals surface area contributed by atoms with Gasteiger partial charge in [-0.05, 0) is 32.2 Å². The number of H-pyrrole nitrogens is 1. The number of hydrogen-bond donors (Lipinski definition) is 2. The van der Waals surface area contributed by atoms with Gasteiger partial charge in [0.05, 0.1) is 35.4 Å². The highest BCUT2D eigenvalue weighted by atomic mass is 35.5. The molecule has 0 unspecified atom stereocenters. The lowest BCUT2D eigenvalue weighted by molar-refractivity contribution is 0.0664. The third-order valence-corrected chi connectivity index (χ3v) is 5.61. The number of anilines is 2. The fourth-order valence-corrected chi connectivity index (χ4v) is 3.86. The molecule has 1 aromatic carbocycles. The van der Waals surface area contributed by atoms with E-state index in [1.165, 1.54) is 7.11 Å². The van der Waals surface area contributed by atoms with E-state index in [0.29, 0.717) is 54.2 Å². The molecule has 1 aliphatic rings. The maximum atomic E-state index is 13.0. The minimum atomic E-state index is -0.106. The van der Waals surface area contributed by atoms with E-state index in [1.54, 1.807) is 18.3 Å². The molecule has 0 atom stereocenters. The number of hydrogen-bond acceptors (Lipinski definition) is 7. The lowest BCUT2D eigenvalue weighted by Crippen LogP contribution is -2.47. The fourth-order valence-electron chi connectivity index (χ4n) is 3.54. The number of carbonyl (C=O) groups excluding carboxylic acids is 1. The SMILES string of the molecule is CCOc1nc(Nc2ccc(C(=O)N3CCN(C)CC3)c(Cl)c2OC)nc2[nH]ccc12. The van der Waals surface area contributed by atoms with Gasteiger partial charge in [0.2, 0.25) is 11.8 Å². The molecule has 1 fully saturated rings. The highest BCUT2D eigenvalue weighted by molar-refractivity contribution is 6.35. The van der Waals surface area contributed by atoms with Crippen LogP contribution in [0.15, 0.2) is 24.4 Å². The highest BCUT2D eigenvalue weighted by Crippen LogP contribution is 2.38. The molecule has 0 saturated carbocycles. The van der Waals surface area contributed by atoms with E-state index < -0.39 is 0 Å². The third-order valence-electron chi connectivity index (χ3n) is 5.23. The molecule has 10 heteroatoms. The minimum absolute atomic E-state index is 0.106. The molecule has 1 saturated heterocycles. The Morgan fingerprint density at radius 2 is 2.00 bits per heavy atom. The number of carbonyl (C=O) groups is 1. The van der Waals surface area contributed by atoms with Gasteiger partial charge in [-0.1, -0.05) is 11.6 Å². The van der Waals surface area contributed by atoms with Crippen molar-refractivity contribution < 1.29 is 14.3 Å². The fraction of sp³-hybridized carbons (Fsp3) is 0.381. The zero-order chi connectivity index (χ0) is 22.0. The molecular weight excluding hydrogens is 420 g/mol. The van der Waals surface area contributed by atoms with Crippen molar-refractivity contribution in [3.8, 4) is 11.6 Å². The second kappa shape index (κ2) is 8.99. The van der Waals surface area contributed by atoms with Gasteiger partial charge in [-0.3, -0.25) is 4.79 Å². The lowest BCUT2D eigenvalue weighted by atomic mass is 10.1. The Bertz CT molecular complexity index is 1090. The lowest BCUT2D eigenvalue weighted by Gasteiger charge is -2.32. The Balaban J connectivity index is 1.63. The second-order valence-corrected chi connectivity index (χ2v) is 7.63. The number of ether oxygens (including phenoxy) is 2. The zero-order valence-electron chi connectivity index (χ0n) is 17.7. The molecule has 1 amide bonds. The van der Waals surface area contributed by atoms with Gasteiger partial charge in [0.15, 0.2) is 5.75 Å². The van der Waals surface area contributed by atoms with Gasteiger partial charge in [-0.2, -0.15) is 9.97 Å². The van der Waals surface area contributed by atoms with Crippen molar-refractivity contribution in [2.24, 2.45) is 0 Å². The summed E-state index contributed by atoms with van der Waals surface area (Å²) >= 11 is 6.59. The molecule has 3 aromatic rings. The predicted octanol–water partition coefficient (Wildman–Crippen LogP) is 3.15. The van der Waals surface area contributed by atoms with Gasteiger partial charge in [-0.25, -0.2) is 0 Å².